The van der Waals surface area contributed by atoms with Crippen molar-refractivity contribution >= 4 is 27.5 Å². The van der Waals surface area contributed by atoms with Gasteiger partial charge in [-0.3, -0.25) is 14.9 Å². The predicted octanol–water partition coefficient (Wildman–Crippen LogP) is 3.39. The standard InChI is InChI=1S/C13H8BrFN2O4/c14-9-3-2-8(15)6-12(9)21-11-4-1-7(13(16)18)5-10(11)17(19)20/h1-6H,(H2,16,18). The molecule has 0 aromatic heterocycles. The third-order valence-electron chi connectivity index (χ3n) is 2.55. The van der Waals surface area contributed by atoms with E-state index in [1.807, 2.05) is 0 Å². The summed E-state index contributed by atoms with van der Waals surface area (Å²) in [6.45, 7) is 0. The van der Waals surface area contributed by atoms with Crippen LogP contribution in [0.4, 0.5) is 10.1 Å². The van der Waals surface area contributed by atoms with E-state index in [9.17, 15) is 19.3 Å². The summed E-state index contributed by atoms with van der Waals surface area (Å²) in [5, 5.41) is 11.0. The lowest BCUT2D eigenvalue weighted by atomic mass is 10.2. The number of rotatable bonds is 4. The number of nitro groups is 1. The Balaban J connectivity index is 2.46. The van der Waals surface area contributed by atoms with Crippen LogP contribution in [-0.2, 0) is 0 Å². The number of carbonyl (C=O) groups excluding carboxylic acids is 1. The van der Waals surface area contributed by atoms with Crippen molar-refractivity contribution in [2.45, 2.75) is 0 Å². The smallest absolute Gasteiger partial charge is 0.312 e. The van der Waals surface area contributed by atoms with Crippen LogP contribution in [0.15, 0.2) is 40.9 Å². The van der Waals surface area contributed by atoms with Gasteiger partial charge in [-0.15, -0.1) is 0 Å². The lowest BCUT2D eigenvalue weighted by Crippen LogP contribution is -2.11. The minimum Gasteiger partial charge on any atom is -0.449 e. The normalized spacial score (nSPS) is 10.2. The fourth-order valence-electron chi connectivity index (χ4n) is 1.57. The summed E-state index contributed by atoms with van der Waals surface area (Å²) in [5.74, 6) is -1.40. The van der Waals surface area contributed by atoms with Crippen LogP contribution in [0.1, 0.15) is 10.4 Å². The minimum atomic E-state index is -0.795. The number of halogens is 2. The van der Waals surface area contributed by atoms with Gasteiger partial charge in [-0.05, 0) is 40.2 Å². The van der Waals surface area contributed by atoms with Crippen molar-refractivity contribution in [2.24, 2.45) is 5.73 Å². The first-order chi connectivity index (χ1) is 9.88. The summed E-state index contributed by atoms with van der Waals surface area (Å²) < 4.78 is 18.9. The van der Waals surface area contributed by atoms with Gasteiger partial charge in [0.1, 0.15) is 11.6 Å². The maximum Gasteiger partial charge on any atom is 0.312 e. The Morgan fingerprint density at radius 1 is 1.24 bits per heavy atom. The SMILES string of the molecule is NC(=O)c1ccc(Oc2cc(F)ccc2Br)c([N+](=O)[O-])c1. The number of amides is 1. The number of benzene rings is 2. The van der Waals surface area contributed by atoms with E-state index >= 15 is 0 Å². The van der Waals surface area contributed by atoms with Crippen molar-refractivity contribution < 1.29 is 18.8 Å². The molecule has 2 N–H and O–H groups in total. The number of hydrogen-bond donors (Lipinski definition) is 1. The number of nitro benzene ring substituents is 1. The number of nitrogens with two attached hydrogens (primary N) is 1. The molecule has 0 heterocycles. The monoisotopic (exact) mass is 354 g/mol. The lowest BCUT2D eigenvalue weighted by Gasteiger charge is -2.08. The van der Waals surface area contributed by atoms with Crippen LogP contribution in [0.25, 0.3) is 0 Å². The van der Waals surface area contributed by atoms with Crippen LogP contribution >= 0.6 is 15.9 Å². The molecule has 6 nitrogen and oxygen atoms in total. The summed E-state index contributed by atoms with van der Waals surface area (Å²) in [4.78, 5) is 21.4. The molecule has 0 radical (unpaired) electrons. The molecule has 21 heavy (non-hydrogen) atoms. The molecule has 2 aromatic carbocycles. The summed E-state index contributed by atoms with van der Waals surface area (Å²) >= 11 is 3.15. The Hall–Kier alpha value is -2.48. The molecule has 0 atom stereocenters. The van der Waals surface area contributed by atoms with Crippen LogP contribution in [0, 0.1) is 15.9 Å². The number of nitrogens with zero attached hydrogens (tertiary/aromatic N) is 1. The Morgan fingerprint density at radius 2 is 1.95 bits per heavy atom. The van der Waals surface area contributed by atoms with E-state index in [1.165, 1.54) is 24.3 Å². The maximum absolute atomic E-state index is 13.2. The van der Waals surface area contributed by atoms with E-state index in [2.05, 4.69) is 15.9 Å². The first-order valence-electron chi connectivity index (χ1n) is 5.59. The molecule has 2 aromatic rings. The predicted molar refractivity (Wildman–Crippen MR) is 75.8 cm³/mol. The van der Waals surface area contributed by atoms with Crippen molar-refractivity contribution in [1.82, 2.24) is 0 Å². The molecule has 0 fully saturated rings. The van der Waals surface area contributed by atoms with Gasteiger partial charge in [-0.25, -0.2) is 4.39 Å². The van der Waals surface area contributed by atoms with Crippen LogP contribution in [0.5, 0.6) is 11.5 Å². The molecule has 0 aliphatic carbocycles. The number of ether oxygens (including phenoxy) is 1. The van der Waals surface area contributed by atoms with E-state index in [-0.39, 0.29) is 17.1 Å². The molecular formula is C13H8BrFN2O4. The number of carbonyl (C=O) groups is 1. The molecular weight excluding hydrogens is 347 g/mol. The molecule has 0 spiro atoms. The molecule has 2 rings (SSSR count). The minimum absolute atomic E-state index is 0.0210. The molecule has 108 valence electrons. The van der Waals surface area contributed by atoms with Crippen molar-refractivity contribution in [3.63, 3.8) is 0 Å². The highest BCUT2D eigenvalue weighted by Crippen LogP contribution is 2.35. The van der Waals surface area contributed by atoms with Gasteiger partial charge in [0.15, 0.2) is 0 Å². The second-order valence-electron chi connectivity index (χ2n) is 3.98. The fourth-order valence-corrected chi connectivity index (χ4v) is 1.90. The average molecular weight is 355 g/mol. The third kappa shape index (κ3) is 3.34. The van der Waals surface area contributed by atoms with Crippen LogP contribution in [0.3, 0.4) is 0 Å². The second-order valence-corrected chi connectivity index (χ2v) is 4.84. The van der Waals surface area contributed by atoms with Gasteiger partial charge in [0.25, 0.3) is 0 Å². The quantitative estimate of drug-likeness (QED) is 0.672. The van der Waals surface area contributed by atoms with Gasteiger partial charge in [0.05, 0.1) is 9.40 Å². The van der Waals surface area contributed by atoms with E-state index in [4.69, 9.17) is 10.5 Å². The second kappa shape index (κ2) is 5.88. The molecule has 0 unspecified atom stereocenters. The summed E-state index contributed by atoms with van der Waals surface area (Å²) in [6.07, 6.45) is 0. The van der Waals surface area contributed by atoms with Gasteiger partial charge >= 0.3 is 5.69 Å². The van der Waals surface area contributed by atoms with Gasteiger partial charge < -0.3 is 10.5 Å². The largest absolute Gasteiger partial charge is 0.449 e. The number of hydrogen-bond acceptors (Lipinski definition) is 4. The Kier molecular flexibility index (Phi) is 4.18. The summed E-state index contributed by atoms with van der Waals surface area (Å²) in [5.41, 5.74) is 4.61. The van der Waals surface area contributed by atoms with Crippen LogP contribution < -0.4 is 10.5 Å². The molecule has 0 saturated heterocycles. The van der Waals surface area contributed by atoms with E-state index in [0.29, 0.717) is 4.47 Å². The maximum atomic E-state index is 13.2. The zero-order valence-corrected chi connectivity index (χ0v) is 12.0. The Bertz CT molecular complexity index is 736. The molecule has 0 bridgehead atoms. The van der Waals surface area contributed by atoms with Crippen molar-refractivity contribution in [2.75, 3.05) is 0 Å². The topological polar surface area (TPSA) is 95.5 Å². The highest BCUT2D eigenvalue weighted by Gasteiger charge is 2.19. The van der Waals surface area contributed by atoms with Crippen molar-refractivity contribution in [1.29, 1.82) is 0 Å². The first-order valence-corrected chi connectivity index (χ1v) is 6.39. The average Bonchev–Trinajstić information content (AvgIpc) is 2.42. The fraction of sp³-hybridized carbons (Fsp3) is 0. The highest BCUT2D eigenvalue weighted by atomic mass is 79.9. The lowest BCUT2D eigenvalue weighted by molar-refractivity contribution is -0.385. The molecule has 0 aliphatic heterocycles. The van der Waals surface area contributed by atoms with E-state index < -0.39 is 22.3 Å². The first kappa shape index (κ1) is 14.9. The van der Waals surface area contributed by atoms with Gasteiger partial charge in [-0.2, -0.15) is 0 Å². The van der Waals surface area contributed by atoms with Crippen molar-refractivity contribution in [3.8, 4) is 11.5 Å². The van der Waals surface area contributed by atoms with Crippen LogP contribution in [-0.4, -0.2) is 10.8 Å². The van der Waals surface area contributed by atoms with E-state index in [1.54, 1.807) is 0 Å². The van der Waals surface area contributed by atoms with Gasteiger partial charge in [0, 0.05) is 17.7 Å². The summed E-state index contributed by atoms with van der Waals surface area (Å²) in [6, 6.07) is 7.23. The molecule has 0 aliphatic rings. The van der Waals surface area contributed by atoms with Gasteiger partial charge in [-0.1, -0.05) is 0 Å². The van der Waals surface area contributed by atoms with E-state index in [0.717, 1.165) is 12.1 Å². The van der Waals surface area contributed by atoms with Crippen LogP contribution in [0.2, 0.25) is 0 Å². The zero-order chi connectivity index (χ0) is 15.6. The van der Waals surface area contributed by atoms with Gasteiger partial charge in [0.2, 0.25) is 11.7 Å². The summed E-state index contributed by atoms with van der Waals surface area (Å²) in [7, 11) is 0. The number of primary amides is 1. The Morgan fingerprint density at radius 3 is 2.57 bits per heavy atom. The molecule has 0 saturated carbocycles. The highest BCUT2D eigenvalue weighted by molar-refractivity contribution is 9.10. The zero-order valence-electron chi connectivity index (χ0n) is 10.4. The van der Waals surface area contributed by atoms with Crippen molar-refractivity contribution in [3.05, 3.63) is 62.4 Å². The third-order valence-corrected chi connectivity index (χ3v) is 3.21. The molecule has 8 heteroatoms. The Labute approximate surface area is 126 Å². The molecule has 1 amide bonds.